The maximum atomic E-state index is 5.42. The molecule has 0 unspecified atom stereocenters. The molecule has 1 aliphatic heterocycles. The number of hydrogen-bond donors (Lipinski definition) is 0. The molecule has 0 bridgehead atoms. The van der Waals surface area contributed by atoms with E-state index < -0.39 is 0 Å². The van der Waals surface area contributed by atoms with Crippen molar-refractivity contribution in [3.63, 3.8) is 0 Å². The molecule has 2 nitrogen and oxygen atoms in total. The molecule has 0 saturated heterocycles. The van der Waals surface area contributed by atoms with Gasteiger partial charge < -0.3 is 9.64 Å². The number of ether oxygens (including phenoxy) is 1. The van der Waals surface area contributed by atoms with Crippen molar-refractivity contribution in [2.24, 2.45) is 0 Å². The Labute approximate surface area is 62.5 Å². The Hall–Kier alpha value is -0.500. The average molecular weight is 141 g/mol. The molecule has 10 heavy (non-hydrogen) atoms. The molecule has 58 valence electrons. The van der Waals surface area contributed by atoms with Crippen molar-refractivity contribution < 1.29 is 4.74 Å². The number of hydrogen-bond acceptors (Lipinski definition) is 2. The highest BCUT2D eigenvalue weighted by Gasteiger charge is 2.08. The van der Waals surface area contributed by atoms with E-state index in [1.54, 1.807) is 0 Å². The molecule has 0 amide bonds. The Kier molecular flexibility index (Phi) is 2.75. The second-order valence-electron chi connectivity index (χ2n) is 2.60. The van der Waals surface area contributed by atoms with E-state index in [0.717, 1.165) is 19.6 Å². The van der Waals surface area contributed by atoms with Crippen LogP contribution >= 0.6 is 0 Å². The van der Waals surface area contributed by atoms with Crippen LogP contribution < -0.4 is 0 Å². The first kappa shape index (κ1) is 7.61. The largest absolute Gasteiger partial charge is 0.380 e. The van der Waals surface area contributed by atoms with Gasteiger partial charge in [0.2, 0.25) is 0 Å². The van der Waals surface area contributed by atoms with Crippen molar-refractivity contribution in [3.05, 3.63) is 12.3 Å². The van der Waals surface area contributed by atoms with Crippen LogP contribution in [0.2, 0.25) is 0 Å². The van der Waals surface area contributed by atoms with E-state index in [2.05, 4.69) is 24.2 Å². The smallest absolute Gasteiger partial charge is 0.0789 e. The highest BCUT2D eigenvalue weighted by Crippen LogP contribution is 2.07. The number of nitrogens with zero attached hydrogens (tertiary/aromatic N) is 1. The maximum absolute atomic E-state index is 5.42. The van der Waals surface area contributed by atoms with Gasteiger partial charge in [0.1, 0.15) is 0 Å². The van der Waals surface area contributed by atoms with Gasteiger partial charge in [-0.3, -0.25) is 0 Å². The van der Waals surface area contributed by atoms with E-state index in [-0.39, 0.29) is 0 Å². The van der Waals surface area contributed by atoms with Gasteiger partial charge in [-0.05, 0) is 25.6 Å². The minimum Gasteiger partial charge on any atom is -0.380 e. The molecule has 1 aliphatic rings. The third-order valence-corrected chi connectivity index (χ3v) is 1.70. The van der Waals surface area contributed by atoms with Crippen molar-refractivity contribution in [1.82, 2.24) is 4.90 Å². The molecule has 0 radical (unpaired) electrons. The molecular weight excluding hydrogens is 126 g/mol. The predicted molar refractivity (Wildman–Crippen MR) is 41.8 cm³/mol. The fourth-order valence-corrected chi connectivity index (χ4v) is 1.10. The molecule has 1 rings (SSSR count). The quantitative estimate of drug-likeness (QED) is 0.573. The molecule has 0 aromatic rings. The summed E-state index contributed by atoms with van der Waals surface area (Å²) >= 11 is 0. The Bertz CT molecular complexity index is 122. The number of rotatable bonds is 2. The minimum atomic E-state index is 0.362. The van der Waals surface area contributed by atoms with E-state index >= 15 is 0 Å². The van der Waals surface area contributed by atoms with Crippen LogP contribution in [-0.2, 0) is 4.74 Å². The average Bonchev–Trinajstić information content (AvgIpc) is 1.95. The molecule has 2 heteroatoms. The summed E-state index contributed by atoms with van der Waals surface area (Å²) in [7, 11) is 2.08. The third-order valence-electron chi connectivity index (χ3n) is 1.70. The minimum absolute atomic E-state index is 0.362. The van der Waals surface area contributed by atoms with Crippen LogP contribution in [0.15, 0.2) is 12.3 Å². The first-order chi connectivity index (χ1) is 4.83. The lowest BCUT2D eigenvalue weighted by molar-refractivity contribution is 0.0785. The molecular formula is C8H15NO. The first-order valence-corrected chi connectivity index (χ1v) is 3.83. The van der Waals surface area contributed by atoms with Crippen LogP contribution in [0.3, 0.4) is 0 Å². The Morgan fingerprint density at radius 1 is 1.70 bits per heavy atom. The SMILES string of the molecule is CCO[C@H]1C=CN(C)CC1. The second kappa shape index (κ2) is 3.62. The summed E-state index contributed by atoms with van der Waals surface area (Å²) in [6.45, 7) is 3.96. The Morgan fingerprint density at radius 3 is 3.00 bits per heavy atom. The van der Waals surface area contributed by atoms with Gasteiger partial charge in [0.15, 0.2) is 0 Å². The fraction of sp³-hybridized carbons (Fsp3) is 0.750. The van der Waals surface area contributed by atoms with Crippen molar-refractivity contribution in [2.75, 3.05) is 20.2 Å². The summed E-state index contributed by atoms with van der Waals surface area (Å²) in [5, 5.41) is 0. The van der Waals surface area contributed by atoms with Gasteiger partial charge in [-0.1, -0.05) is 0 Å². The Balaban J connectivity index is 2.30. The van der Waals surface area contributed by atoms with Gasteiger partial charge in [0.25, 0.3) is 0 Å². The van der Waals surface area contributed by atoms with Gasteiger partial charge in [-0.25, -0.2) is 0 Å². The lowest BCUT2D eigenvalue weighted by Gasteiger charge is -2.23. The van der Waals surface area contributed by atoms with E-state index in [9.17, 15) is 0 Å². The van der Waals surface area contributed by atoms with Crippen LogP contribution in [0.5, 0.6) is 0 Å². The highest BCUT2D eigenvalue weighted by molar-refractivity contribution is 4.93. The fourth-order valence-electron chi connectivity index (χ4n) is 1.10. The summed E-state index contributed by atoms with van der Waals surface area (Å²) in [6.07, 6.45) is 5.69. The Morgan fingerprint density at radius 2 is 2.50 bits per heavy atom. The van der Waals surface area contributed by atoms with E-state index in [4.69, 9.17) is 4.74 Å². The molecule has 0 N–H and O–H groups in total. The van der Waals surface area contributed by atoms with Gasteiger partial charge in [-0.2, -0.15) is 0 Å². The van der Waals surface area contributed by atoms with Crippen molar-refractivity contribution >= 4 is 0 Å². The molecule has 0 aromatic heterocycles. The summed E-state index contributed by atoms with van der Waals surface area (Å²) in [6, 6.07) is 0. The monoisotopic (exact) mass is 141 g/mol. The van der Waals surface area contributed by atoms with Crippen molar-refractivity contribution in [1.29, 1.82) is 0 Å². The lowest BCUT2D eigenvalue weighted by Crippen LogP contribution is -2.25. The molecule has 0 saturated carbocycles. The van der Waals surface area contributed by atoms with Crippen LogP contribution in [0, 0.1) is 0 Å². The van der Waals surface area contributed by atoms with Gasteiger partial charge in [0, 0.05) is 20.2 Å². The molecule has 0 aromatic carbocycles. The molecule has 1 atom stereocenters. The highest BCUT2D eigenvalue weighted by atomic mass is 16.5. The topological polar surface area (TPSA) is 12.5 Å². The van der Waals surface area contributed by atoms with Crippen LogP contribution in [0.25, 0.3) is 0 Å². The van der Waals surface area contributed by atoms with Crippen LogP contribution in [0.4, 0.5) is 0 Å². The van der Waals surface area contributed by atoms with Gasteiger partial charge in [0.05, 0.1) is 6.10 Å². The summed E-state index contributed by atoms with van der Waals surface area (Å²) < 4.78 is 5.42. The van der Waals surface area contributed by atoms with Gasteiger partial charge in [-0.15, -0.1) is 0 Å². The van der Waals surface area contributed by atoms with Crippen LogP contribution in [-0.4, -0.2) is 31.2 Å². The predicted octanol–water partition coefficient (Wildman–Crippen LogP) is 1.24. The third kappa shape index (κ3) is 2.03. The van der Waals surface area contributed by atoms with Crippen molar-refractivity contribution in [3.8, 4) is 0 Å². The van der Waals surface area contributed by atoms with E-state index in [1.165, 1.54) is 0 Å². The summed E-state index contributed by atoms with van der Waals surface area (Å²) in [5.74, 6) is 0. The molecule has 1 heterocycles. The maximum Gasteiger partial charge on any atom is 0.0789 e. The summed E-state index contributed by atoms with van der Waals surface area (Å²) in [5.41, 5.74) is 0. The molecule has 0 spiro atoms. The zero-order valence-electron chi connectivity index (χ0n) is 6.71. The molecule has 0 aliphatic carbocycles. The zero-order chi connectivity index (χ0) is 7.40. The summed E-state index contributed by atoms with van der Waals surface area (Å²) in [4.78, 5) is 2.18. The zero-order valence-corrected chi connectivity index (χ0v) is 6.71. The first-order valence-electron chi connectivity index (χ1n) is 3.83. The van der Waals surface area contributed by atoms with E-state index in [1.807, 2.05) is 6.92 Å². The molecule has 0 fully saturated rings. The van der Waals surface area contributed by atoms with Crippen LogP contribution in [0.1, 0.15) is 13.3 Å². The van der Waals surface area contributed by atoms with Crippen molar-refractivity contribution in [2.45, 2.75) is 19.4 Å². The van der Waals surface area contributed by atoms with E-state index in [0.29, 0.717) is 6.10 Å². The normalized spacial score (nSPS) is 25.4. The second-order valence-corrected chi connectivity index (χ2v) is 2.60. The lowest BCUT2D eigenvalue weighted by atomic mass is 10.2. The van der Waals surface area contributed by atoms with Gasteiger partial charge >= 0.3 is 0 Å². The standard InChI is InChI=1S/C8H15NO/c1-3-10-8-4-6-9(2)7-5-8/h4,6,8H,3,5,7H2,1-2H3/t8-/m0/s1.